The summed E-state index contributed by atoms with van der Waals surface area (Å²) < 4.78 is 29.9. The number of benzene rings is 3. The number of hydrogen-bond acceptors (Lipinski definition) is 12. The van der Waals surface area contributed by atoms with Gasteiger partial charge in [-0.15, -0.1) is 0 Å². The summed E-state index contributed by atoms with van der Waals surface area (Å²) in [5.41, 5.74) is 1.55. The number of nitriles is 1. The van der Waals surface area contributed by atoms with Crippen LogP contribution in [0.2, 0.25) is 5.02 Å². The maximum atomic E-state index is 16.8. The highest BCUT2D eigenvalue weighted by Gasteiger charge is 2.64. The first-order chi connectivity index (χ1) is 37.3. The molecule has 3 aromatic rings. The molecule has 11 rings (SSSR count). The fourth-order valence-corrected chi connectivity index (χ4v) is 15.3. The van der Waals surface area contributed by atoms with Gasteiger partial charge in [0.05, 0.1) is 33.8 Å². The summed E-state index contributed by atoms with van der Waals surface area (Å²) in [6.45, 7) is 17.7. The Morgan fingerprint density at radius 3 is 2.27 bits per heavy atom. The predicted octanol–water partition coefficient (Wildman–Crippen LogP) is 9.20. The minimum Gasteiger partial charge on any atom is -0.489 e. The lowest BCUT2D eigenvalue weighted by atomic mass is 9.49. The molecule has 3 saturated carbocycles. The summed E-state index contributed by atoms with van der Waals surface area (Å²) in [4.78, 5) is 39.5. The number of nitrogens with zero attached hydrogens (tertiary/aromatic N) is 6. The molecule has 5 heterocycles. The van der Waals surface area contributed by atoms with E-state index >= 15 is 4.39 Å². The highest BCUT2D eigenvalue weighted by atomic mass is 35.5. The molecular formula is C62H83ClFN9O5. The number of halogens is 2. The van der Waals surface area contributed by atoms with Crippen LogP contribution >= 0.6 is 11.6 Å². The molecular weight excluding hydrogens is 1010 g/mol. The zero-order valence-corrected chi connectivity index (χ0v) is 47.8. The third kappa shape index (κ3) is 10.7. The molecule has 0 bridgehead atoms. The van der Waals surface area contributed by atoms with E-state index in [0.29, 0.717) is 64.0 Å². The van der Waals surface area contributed by atoms with Gasteiger partial charge >= 0.3 is 0 Å². The van der Waals surface area contributed by atoms with Crippen LogP contribution < -0.4 is 30.3 Å². The Hall–Kier alpha value is -4.79. The van der Waals surface area contributed by atoms with Crippen LogP contribution in [0.3, 0.4) is 0 Å². The molecule has 4 saturated heterocycles. The number of rotatable bonds is 14. The van der Waals surface area contributed by atoms with Crippen molar-refractivity contribution in [3.8, 4) is 23.3 Å². The van der Waals surface area contributed by atoms with Gasteiger partial charge < -0.3 is 35.0 Å². The van der Waals surface area contributed by atoms with E-state index in [-0.39, 0.29) is 70.5 Å². The molecule has 8 aliphatic rings. The van der Waals surface area contributed by atoms with Gasteiger partial charge in [-0.2, -0.15) is 5.26 Å². The Bertz CT molecular complexity index is 2770. The number of amides is 2. The van der Waals surface area contributed by atoms with Crippen LogP contribution in [-0.4, -0.2) is 138 Å². The molecule has 0 aromatic heterocycles. The molecule has 3 aromatic carbocycles. The second-order valence-electron chi connectivity index (χ2n) is 25.8. The molecule has 7 fully saturated rings. The third-order valence-corrected chi connectivity index (χ3v) is 19.5. The molecule has 0 radical (unpaired) electrons. The Balaban J connectivity index is 0.734. The van der Waals surface area contributed by atoms with Gasteiger partial charge in [0, 0.05) is 111 Å². The standard InChI is InChI=1S/C62H83ClFN9O5/c1-60(2)57(61(3,4)58(60)77-45-22-18-38(32-65)49(63)31-45)68-55(74)39-33-67-59(72(34-39)41-14-11-9-8-10-12-15-41)70-28-25-43(26-29-70)73(42-20-21-42)44-35-71(36-44)50-16-13-17-52(53(50)64)78-51-23-19-40(62(5,6)76)30-47(51)48-37-69(7)56(75)54-46(48)24-27-66-54/h13,16-19,22-23,30-31,37,39,41-44,46,54,57-59,66-67,76H,8-12,14-15,20-21,24-29,33-36H2,1-7H3,(H,68,74). The second kappa shape index (κ2) is 21.9. The van der Waals surface area contributed by atoms with E-state index < -0.39 is 5.60 Å². The quantitative estimate of drug-likeness (QED) is 0.122. The van der Waals surface area contributed by atoms with Crippen molar-refractivity contribution in [1.82, 2.24) is 35.6 Å². The van der Waals surface area contributed by atoms with Gasteiger partial charge in [-0.1, -0.05) is 83.5 Å². The third-order valence-electron chi connectivity index (χ3n) is 19.2. The van der Waals surface area contributed by atoms with E-state index in [2.05, 4.69) is 69.3 Å². The van der Waals surface area contributed by atoms with Crippen molar-refractivity contribution < 1.29 is 28.6 Å². The minimum absolute atomic E-state index is 0.0244. The summed E-state index contributed by atoms with van der Waals surface area (Å²) in [6, 6.07) is 19.7. The number of likely N-dealkylation sites (tertiary alicyclic amines) is 1. The summed E-state index contributed by atoms with van der Waals surface area (Å²) in [5, 5.41) is 31.7. The number of carbonyl (C=O) groups is 2. The fraction of sp³-hybridized carbons (Fsp3) is 0.629. The zero-order chi connectivity index (χ0) is 54.8. The van der Waals surface area contributed by atoms with Crippen LogP contribution in [0.4, 0.5) is 10.1 Å². The van der Waals surface area contributed by atoms with Crippen LogP contribution in [0.1, 0.15) is 135 Å². The highest BCUT2D eigenvalue weighted by Crippen LogP contribution is 2.56. The van der Waals surface area contributed by atoms with Crippen LogP contribution in [-0.2, 0) is 15.2 Å². The highest BCUT2D eigenvalue weighted by molar-refractivity contribution is 6.31. The largest absolute Gasteiger partial charge is 0.489 e. The SMILES string of the molecule is CN1C=C(c2cc(C(C)(C)O)ccc2Oc2cccc(N3CC(N(C4CC4)C4CCN(C5NCC(C(=O)NC6C(C)(C)C(Oc7ccc(C#N)c(Cl)c7)C6(C)C)CN5C5CCCCCCC5)CC4)C3)c2F)C2CCNC2C1=O. The van der Waals surface area contributed by atoms with Crippen molar-refractivity contribution in [2.75, 3.05) is 57.8 Å². The van der Waals surface area contributed by atoms with Crippen molar-refractivity contribution >= 4 is 34.7 Å². The van der Waals surface area contributed by atoms with E-state index in [9.17, 15) is 20.0 Å². The van der Waals surface area contributed by atoms with Crippen LogP contribution in [0.25, 0.3) is 5.57 Å². The summed E-state index contributed by atoms with van der Waals surface area (Å²) in [5.74, 6) is 0.743. The number of ether oxygens (including phenoxy) is 2. The maximum Gasteiger partial charge on any atom is 0.244 e. The second-order valence-corrected chi connectivity index (χ2v) is 26.2. The maximum absolute atomic E-state index is 16.8. The minimum atomic E-state index is -1.11. The monoisotopic (exact) mass is 1090 g/mol. The van der Waals surface area contributed by atoms with Crippen LogP contribution in [0, 0.1) is 39.8 Å². The lowest BCUT2D eigenvalue weighted by molar-refractivity contribution is -0.176. The number of likely N-dealkylation sites (N-methyl/N-ethyl adjacent to an activating group) is 1. The molecule has 78 heavy (non-hydrogen) atoms. The summed E-state index contributed by atoms with van der Waals surface area (Å²) in [7, 11) is 1.76. The molecule has 5 aliphatic heterocycles. The average Bonchev–Trinajstić information content (AvgIpc) is 3.69. The molecule has 16 heteroatoms. The van der Waals surface area contributed by atoms with Crippen LogP contribution in [0.5, 0.6) is 17.2 Å². The van der Waals surface area contributed by atoms with Crippen molar-refractivity contribution in [3.05, 3.63) is 88.3 Å². The van der Waals surface area contributed by atoms with Gasteiger partial charge in [0.25, 0.3) is 0 Å². The lowest BCUT2D eigenvalue weighted by Gasteiger charge is -2.63. The Kier molecular flexibility index (Phi) is 15.5. The normalized spacial score (nSPS) is 28.4. The number of hydrogen-bond donors (Lipinski definition) is 4. The molecule has 0 spiro atoms. The molecule has 2 amide bonds. The zero-order valence-electron chi connectivity index (χ0n) is 47.0. The average molecular weight is 1090 g/mol. The molecule has 4 atom stereocenters. The number of nitrogens with one attached hydrogen (secondary N) is 3. The molecule has 4 N–H and O–H groups in total. The van der Waals surface area contributed by atoms with E-state index in [1.165, 1.54) is 44.9 Å². The number of carbonyl (C=O) groups excluding carboxylic acids is 2. The smallest absolute Gasteiger partial charge is 0.244 e. The first kappa shape index (κ1) is 55.1. The van der Waals surface area contributed by atoms with Crippen molar-refractivity contribution in [2.45, 2.75) is 173 Å². The number of fused-ring (bicyclic) bond motifs is 1. The Morgan fingerprint density at radius 2 is 1.59 bits per heavy atom. The summed E-state index contributed by atoms with van der Waals surface area (Å²) in [6.07, 6.45) is 15.7. The molecule has 3 aliphatic carbocycles. The van der Waals surface area contributed by atoms with Gasteiger partial charge in [0.15, 0.2) is 11.6 Å². The topological polar surface area (TPSA) is 149 Å². The van der Waals surface area contributed by atoms with E-state index in [0.717, 1.165) is 82.5 Å². The predicted molar refractivity (Wildman–Crippen MR) is 302 cm³/mol. The number of piperidine rings is 1. The van der Waals surface area contributed by atoms with Gasteiger partial charge in [-0.3, -0.25) is 29.6 Å². The number of anilines is 1. The van der Waals surface area contributed by atoms with Gasteiger partial charge in [-0.25, -0.2) is 4.39 Å². The molecule has 420 valence electrons. The Morgan fingerprint density at radius 1 is 0.885 bits per heavy atom. The van der Waals surface area contributed by atoms with E-state index in [4.69, 9.17) is 21.1 Å². The van der Waals surface area contributed by atoms with Crippen molar-refractivity contribution in [3.63, 3.8) is 0 Å². The van der Waals surface area contributed by atoms with Gasteiger partial charge in [0.1, 0.15) is 30.0 Å². The van der Waals surface area contributed by atoms with E-state index in [1.807, 2.05) is 36.5 Å². The van der Waals surface area contributed by atoms with Gasteiger partial charge in [0.2, 0.25) is 11.8 Å². The lowest BCUT2D eigenvalue weighted by Crippen LogP contribution is -2.76. The molecule has 4 unspecified atom stereocenters. The summed E-state index contributed by atoms with van der Waals surface area (Å²) >= 11 is 6.38. The Labute approximate surface area is 467 Å². The van der Waals surface area contributed by atoms with Crippen LogP contribution in [0.15, 0.2) is 60.8 Å². The van der Waals surface area contributed by atoms with Crippen molar-refractivity contribution in [2.24, 2.45) is 22.7 Å². The fourth-order valence-electron chi connectivity index (χ4n) is 15.1. The number of aliphatic hydroxyl groups is 1. The van der Waals surface area contributed by atoms with Gasteiger partial charge in [-0.05, 0) is 113 Å². The van der Waals surface area contributed by atoms with E-state index in [1.54, 1.807) is 50.1 Å². The molecule has 14 nitrogen and oxygen atoms in total. The first-order valence-electron chi connectivity index (χ1n) is 29.3. The first-order valence-corrected chi connectivity index (χ1v) is 29.7. The van der Waals surface area contributed by atoms with Crippen molar-refractivity contribution in [1.29, 1.82) is 5.26 Å².